The number of alkyl halides is 3. The van der Waals surface area contributed by atoms with Crippen molar-refractivity contribution in [3.05, 3.63) is 59.7 Å². The van der Waals surface area contributed by atoms with E-state index in [4.69, 9.17) is 0 Å². The lowest BCUT2D eigenvalue weighted by Crippen LogP contribution is -2.30. The number of nitrogens with zero attached hydrogens (tertiary/aromatic N) is 2. The van der Waals surface area contributed by atoms with E-state index in [1.54, 1.807) is 6.07 Å². The van der Waals surface area contributed by atoms with Crippen LogP contribution in [0.4, 0.5) is 13.2 Å². The minimum atomic E-state index is -4.85. The first-order chi connectivity index (χ1) is 15.3. The van der Waals surface area contributed by atoms with Gasteiger partial charge < -0.3 is 9.64 Å². The van der Waals surface area contributed by atoms with E-state index in [1.807, 2.05) is 0 Å². The second kappa shape index (κ2) is 10.8. The van der Waals surface area contributed by atoms with Gasteiger partial charge in [-0.05, 0) is 31.5 Å². The molecule has 33 heavy (non-hydrogen) atoms. The smallest absolute Gasteiger partial charge is 0.405 e. The number of ether oxygens (including phenoxy) is 1. The van der Waals surface area contributed by atoms with Crippen LogP contribution in [-0.4, -0.2) is 56.3 Å². The monoisotopic (exact) mass is 486 g/mol. The number of benzene rings is 2. The Morgan fingerprint density at radius 2 is 1.61 bits per heavy atom. The number of hydrogen-bond acceptors (Lipinski definition) is 5. The van der Waals surface area contributed by atoms with Gasteiger partial charge in [-0.25, -0.2) is 12.7 Å². The maximum absolute atomic E-state index is 12.7. The molecule has 0 spiro atoms. The summed E-state index contributed by atoms with van der Waals surface area (Å²) in [6, 6.07) is 11.1. The van der Waals surface area contributed by atoms with Crippen LogP contribution in [0.5, 0.6) is 5.75 Å². The summed E-state index contributed by atoms with van der Waals surface area (Å²) in [5.74, 6) is -0.915. The van der Waals surface area contributed by atoms with Crippen molar-refractivity contribution in [1.29, 1.82) is 0 Å². The first-order valence-electron chi connectivity index (χ1n) is 9.96. The molecule has 0 aliphatic rings. The number of para-hydroxylation sites is 1. The Hall–Kier alpha value is -2.92. The van der Waals surface area contributed by atoms with E-state index >= 15 is 0 Å². The molecule has 0 atom stereocenters. The number of carbonyl (C=O) groups is 2. The standard InChI is InChI=1S/C22H25F3N2O5S/c1-16(28)17-10-12-19(13-11-17)33(30,31)27(3)14-6-9-21(29)26(2)15-18-7-4-5-8-20(18)32-22(23,24)25/h4-5,7-8,10-13H,6,9,14-15H2,1-3H3. The molecular formula is C22H25F3N2O5S. The van der Waals surface area contributed by atoms with E-state index in [1.165, 1.54) is 68.4 Å². The van der Waals surface area contributed by atoms with Gasteiger partial charge in [-0.3, -0.25) is 9.59 Å². The number of Topliss-reactive ketones (excluding diaryl/α,β-unsaturated/α-hetero) is 1. The van der Waals surface area contributed by atoms with Crippen LogP contribution in [0.1, 0.15) is 35.7 Å². The molecule has 180 valence electrons. The molecule has 0 N–H and O–H groups in total. The zero-order chi connectivity index (χ0) is 24.8. The van der Waals surface area contributed by atoms with Gasteiger partial charge in [0.25, 0.3) is 0 Å². The summed E-state index contributed by atoms with van der Waals surface area (Å²) in [4.78, 5) is 25.0. The van der Waals surface area contributed by atoms with E-state index in [9.17, 15) is 31.2 Å². The summed E-state index contributed by atoms with van der Waals surface area (Å²) in [7, 11) is -0.967. The minimum absolute atomic E-state index is 0.00191. The van der Waals surface area contributed by atoms with Crippen LogP contribution in [0.3, 0.4) is 0 Å². The Labute approximate surface area is 190 Å². The third-order valence-corrected chi connectivity index (χ3v) is 6.74. The first kappa shape index (κ1) is 26.3. The van der Waals surface area contributed by atoms with Gasteiger partial charge in [0.05, 0.1) is 4.90 Å². The number of amides is 1. The van der Waals surface area contributed by atoms with E-state index in [2.05, 4.69) is 4.74 Å². The van der Waals surface area contributed by atoms with Crippen molar-refractivity contribution in [1.82, 2.24) is 9.21 Å². The second-order valence-electron chi connectivity index (χ2n) is 7.42. The molecule has 11 heteroatoms. The fourth-order valence-electron chi connectivity index (χ4n) is 3.01. The Morgan fingerprint density at radius 1 is 1.00 bits per heavy atom. The maximum atomic E-state index is 12.7. The van der Waals surface area contributed by atoms with E-state index in [0.717, 1.165) is 4.31 Å². The predicted molar refractivity (Wildman–Crippen MR) is 115 cm³/mol. The van der Waals surface area contributed by atoms with Gasteiger partial charge in [0.1, 0.15) is 5.75 Å². The molecule has 0 saturated heterocycles. The van der Waals surface area contributed by atoms with Gasteiger partial charge in [-0.15, -0.1) is 13.2 Å². The lowest BCUT2D eigenvalue weighted by molar-refractivity contribution is -0.275. The quantitative estimate of drug-likeness (QED) is 0.477. The summed E-state index contributed by atoms with van der Waals surface area (Å²) in [6.07, 6.45) is -4.63. The molecule has 0 fully saturated rings. The second-order valence-corrected chi connectivity index (χ2v) is 9.46. The number of sulfonamides is 1. The van der Waals surface area contributed by atoms with Gasteiger partial charge in [0.15, 0.2) is 5.78 Å². The zero-order valence-electron chi connectivity index (χ0n) is 18.4. The highest BCUT2D eigenvalue weighted by Gasteiger charge is 2.32. The van der Waals surface area contributed by atoms with Gasteiger partial charge in [0.2, 0.25) is 15.9 Å². The van der Waals surface area contributed by atoms with E-state index in [0.29, 0.717) is 5.56 Å². The highest BCUT2D eigenvalue weighted by atomic mass is 32.2. The summed E-state index contributed by atoms with van der Waals surface area (Å²) in [5.41, 5.74) is 0.590. The molecule has 0 heterocycles. The lowest BCUT2D eigenvalue weighted by Gasteiger charge is -2.21. The summed E-state index contributed by atoms with van der Waals surface area (Å²) in [6.45, 7) is 1.34. The normalized spacial score (nSPS) is 12.0. The Bertz CT molecular complexity index is 1090. The number of rotatable bonds is 10. The predicted octanol–water partition coefficient (Wildman–Crippen LogP) is 3.85. The fraction of sp³-hybridized carbons (Fsp3) is 0.364. The topological polar surface area (TPSA) is 84.0 Å². The van der Waals surface area contributed by atoms with Crippen LogP contribution in [-0.2, 0) is 21.4 Å². The molecule has 0 aromatic heterocycles. The summed E-state index contributed by atoms with van der Waals surface area (Å²) in [5, 5.41) is 0. The highest BCUT2D eigenvalue weighted by Crippen LogP contribution is 2.27. The van der Waals surface area contributed by atoms with Crippen molar-refractivity contribution in [2.75, 3.05) is 20.6 Å². The molecule has 0 radical (unpaired) electrons. The van der Waals surface area contributed by atoms with Crippen LogP contribution in [0, 0.1) is 0 Å². The molecule has 1 amide bonds. The van der Waals surface area contributed by atoms with Crippen LogP contribution < -0.4 is 4.74 Å². The van der Waals surface area contributed by atoms with Crippen molar-refractivity contribution >= 4 is 21.7 Å². The third kappa shape index (κ3) is 7.57. The van der Waals surface area contributed by atoms with Gasteiger partial charge >= 0.3 is 6.36 Å². The minimum Gasteiger partial charge on any atom is -0.405 e. The number of hydrogen-bond donors (Lipinski definition) is 0. The van der Waals surface area contributed by atoms with Crippen LogP contribution in [0.2, 0.25) is 0 Å². The molecular weight excluding hydrogens is 461 g/mol. The molecule has 2 rings (SSSR count). The van der Waals surface area contributed by atoms with Gasteiger partial charge in [-0.1, -0.05) is 30.3 Å². The lowest BCUT2D eigenvalue weighted by atomic mass is 10.2. The van der Waals surface area contributed by atoms with Crippen molar-refractivity contribution in [3.63, 3.8) is 0 Å². The number of ketones is 1. The maximum Gasteiger partial charge on any atom is 0.573 e. The van der Waals surface area contributed by atoms with Crippen molar-refractivity contribution < 1.29 is 35.9 Å². The molecule has 0 saturated carbocycles. The van der Waals surface area contributed by atoms with Crippen molar-refractivity contribution in [3.8, 4) is 5.75 Å². The first-order valence-corrected chi connectivity index (χ1v) is 11.4. The SMILES string of the molecule is CC(=O)c1ccc(S(=O)(=O)N(C)CCCC(=O)N(C)Cc2ccccc2OC(F)(F)F)cc1. The largest absolute Gasteiger partial charge is 0.573 e. The van der Waals surface area contributed by atoms with Crippen molar-refractivity contribution in [2.24, 2.45) is 0 Å². The van der Waals surface area contributed by atoms with E-state index < -0.39 is 16.4 Å². The zero-order valence-corrected chi connectivity index (χ0v) is 19.2. The van der Waals surface area contributed by atoms with Gasteiger partial charge in [-0.2, -0.15) is 0 Å². The Balaban J connectivity index is 1.92. The van der Waals surface area contributed by atoms with Crippen molar-refractivity contribution in [2.45, 2.75) is 37.6 Å². The van der Waals surface area contributed by atoms with Crippen LogP contribution in [0.15, 0.2) is 53.4 Å². The highest BCUT2D eigenvalue weighted by molar-refractivity contribution is 7.89. The molecule has 2 aromatic carbocycles. The number of carbonyl (C=O) groups excluding carboxylic acids is 2. The Kier molecular flexibility index (Phi) is 8.62. The molecule has 7 nitrogen and oxygen atoms in total. The third-order valence-electron chi connectivity index (χ3n) is 4.86. The average molecular weight is 487 g/mol. The molecule has 0 aliphatic carbocycles. The number of halogens is 3. The fourth-order valence-corrected chi connectivity index (χ4v) is 4.22. The van der Waals surface area contributed by atoms with E-state index in [-0.39, 0.29) is 53.8 Å². The molecule has 0 aliphatic heterocycles. The molecule has 2 aromatic rings. The average Bonchev–Trinajstić information content (AvgIpc) is 2.73. The summed E-state index contributed by atoms with van der Waals surface area (Å²) < 4.78 is 68.1. The summed E-state index contributed by atoms with van der Waals surface area (Å²) >= 11 is 0. The molecule has 0 unspecified atom stereocenters. The Morgan fingerprint density at radius 3 is 2.18 bits per heavy atom. The molecule has 0 bridgehead atoms. The van der Waals surface area contributed by atoms with Crippen LogP contribution >= 0.6 is 0 Å². The van der Waals surface area contributed by atoms with Gasteiger partial charge in [0, 0.05) is 44.7 Å². The van der Waals surface area contributed by atoms with Crippen LogP contribution in [0.25, 0.3) is 0 Å².